The molecule has 0 heterocycles. The predicted octanol–water partition coefficient (Wildman–Crippen LogP) is 0.662. The molecule has 0 amide bonds. The molecule has 4 heteroatoms. The Balaban J connectivity index is 3.46. The molecule has 2 atom stereocenters. The van der Waals surface area contributed by atoms with E-state index in [4.69, 9.17) is 14.2 Å². The fraction of sp³-hybridized carbons (Fsp3) is 1.00. The van der Waals surface area contributed by atoms with E-state index in [0.29, 0.717) is 19.8 Å². The van der Waals surface area contributed by atoms with E-state index in [1.165, 1.54) is 0 Å². The Hall–Kier alpha value is -0.160. The van der Waals surface area contributed by atoms with Crippen molar-refractivity contribution >= 4 is 0 Å². The van der Waals surface area contributed by atoms with Crippen LogP contribution in [0.2, 0.25) is 0 Å². The van der Waals surface area contributed by atoms with E-state index in [1.807, 2.05) is 20.9 Å². The van der Waals surface area contributed by atoms with Gasteiger partial charge < -0.3 is 19.5 Å². The van der Waals surface area contributed by atoms with Crippen LogP contribution in [0.1, 0.15) is 13.8 Å². The zero-order valence-corrected chi connectivity index (χ0v) is 9.71. The molecular weight excluding hydrogens is 182 g/mol. The minimum absolute atomic E-state index is 0.141. The summed E-state index contributed by atoms with van der Waals surface area (Å²) in [6.07, 6.45) is 0.141. The van der Waals surface area contributed by atoms with Crippen LogP contribution in [-0.4, -0.2) is 52.7 Å². The molecule has 0 fully saturated rings. The third kappa shape index (κ3) is 7.26. The van der Waals surface area contributed by atoms with Crippen LogP contribution in [0.4, 0.5) is 0 Å². The van der Waals surface area contributed by atoms with Gasteiger partial charge in [-0.15, -0.1) is 0 Å². The number of methoxy groups -OCH3 is 1. The Morgan fingerprint density at radius 2 is 1.93 bits per heavy atom. The van der Waals surface area contributed by atoms with E-state index in [2.05, 4.69) is 5.32 Å². The number of rotatable bonds is 9. The third-order valence-corrected chi connectivity index (χ3v) is 1.91. The van der Waals surface area contributed by atoms with Crippen molar-refractivity contribution in [1.82, 2.24) is 5.32 Å². The molecule has 0 aliphatic heterocycles. The summed E-state index contributed by atoms with van der Waals surface area (Å²) in [5.41, 5.74) is 0. The maximum absolute atomic E-state index is 5.58. The van der Waals surface area contributed by atoms with Crippen LogP contribution in [0.3, 0.4) is 0 Å². The van der Waals surface area contributed by atoms with E-state index in [9.17, 15) is 0 Å². The van der Waals surface area contributed by atoms with Gasteiger partial charge in [-0.05, 0) is 20.9 Å². The van der Waals surface area contributed by atoms with Crippen molar-refractivity contribution in [2.45, 2.75) is 26.0 Å². The van der Waals surface area contributed by atoms with Gasteiger partial charge in [-0.1, -0.05) is 0 Å². The van der Waals surface area contributed by atoms with Gasteiger partial charge in [0, 0.05) is 13.7 Å². The molecule has 0 aromatic heterocycles. The van der Waals surface area contributed by atoms with Gasteiger partial charge in [0.25, 0.3) is 0 Å². The first-order valence-electron chi connectivity index (χ1n) is 5.10. The predicted molar refractivity (Wildman–Crippen MR) is 56.6 cm³/mol. The van der Waals surface area contributed by atoms with E-state index in [0.717, 1.165) is 6.61 Å². The lowest BCUT2D eigenvalue weighted by molar-refractivity contribution is -0.0182. The highest BCUT2D eigenvalue weighted by Crippen LogP contribution is 1.95. The van der Waals surface area contributed by atoms with Gasteiger partial charge >= 0.3 is 0 Å². The maximum Gasteiger partial charge on any atom is 0.0781 e. The minimum atomic E-state index is 0.141. The molecule has 0 aliphatic carbocycles. The van der Waals surface area contributed by atoms with Gasteiger partial charge in [-0.3, -0.25) is 0 Å². The largest absolute Gasteiger partial charge is 0.383 e. The van der Waals surface area contributed by atoms with Gasteiger partial charge in [-0.25, -0.2) is 0 Å². The zero-order valence-electron chi connectivity index (χ0n) is 9.71. The van der Waals surface area contributed by atoms with Crippen LogP contribution < -0.4 is 5.32 Å². The maximum atomic E-state index is 5.58. The second-order valence-electron chi connectivity index (χ2n) is 3.24. The highest BCUT2D eigenvalue weighted by atomic mass is 16.5. The smallest absolute Gasteiger partial charge is 0.0781 e. The number of hydrogen-bond donors (Lipinski definition) is 1. The highest BCUT2D eigenvalue weighted by Gasteiger charge is 2.08. The van der Waals surface area contributed by atoms with E-state index in [1.54, 1.807) is 7.11 Å². The van der Waals surface area contributed by atoms with Crippen molar-refractivity contribution in [2.24, 2.45) is 0 Å². The molecule has 14 heavy (non-hydrogen) atoms. The fourth-order valence-electron chi connectivity index (χ4n) is 1.03. The lowest BCUT2D eigenvalue weighted by Crippen LogP contribution is -2.36. The second kappa shape index (κ2) is 9.40. The van der Waals surface area contributed by atoms with Gasteiger partial charge in [0.15, 0.2) is 0 Å². The van der Waals surface area contributed by atoms with Gasteiger partial charge in [0.05, 0.1) is 32.0 Å². The summed E-state index contributed by atoms with van der Waals surface area (Å²) in [4.78, 5) is 0. The van der Waals surface area contributed by atoms with Crippen LogP contribution >= 0.6 is 0 Å². The SMILES string of the molecule is CCOCC(C)OCC(COC)NC. The first-order valence-corrected chi connectivity index (χ1v) is 5.10. The summed E-state index contributed by atoms with van der Waals surface area (Å²) in [5, 5.41) is 3.12. The standard InChI is InChI=1S/C10H23NO3/c1-5-13-6-9(2)14-8-10(11-3)7-12-4/h9-11H,5-8H2,1-4H3. The Labute approximate surface area is 86.9 Å². The van der Waals surface area contributed by atoms with Crippen LogP contribution in [0.25, 0.3) is 0 Å². The first kappa shape index (κ1) is 13.8. The molecule has 0 aromatic carbocycles. The molecule has 0 saturated carbocycles. The molecule has 0 radical (unpaired) electrons. The summed E-state index contributed by atoms with van der Waals surface area (Å²) >= 11 is 0. The lowest BCUT2D eigenvalue weighted by Gasteiger charge is -2.18. The highest BCUT2D eigenvalue weighted by molar-refractivity contribution is 4.62. The number of ether oxygens (including phenoxy) is 3. The molecular formula is C10H23NO3. The number of hydrogen-bond acceptors (Lipinski definition) is 4. The van der Waals surface area contributed by atoms with Gasteiger partial charge in [-0.2, -0.15) is 0 Å². The molecule has 2 unspecified atom stereocenters. The van der Waals surface area contributed by atoms with Crippen LogP contribution in [0.15, 0.2) is 0 Å². The normalized spacial score (nSPS) is 15.4. The summed E-state index contributed by atoms with van der Waals surface area (Å²) < 4.78 is 15.9. The van der Waals surface area contributed by atoms with Gasteiger partial charge in [0.2, 0.25) is 0 Å². The van der Waals surface area contributed by atoms with E-state index in [-0.39, 0.29) is 12.1 Å². The quantitative estimate of drug-likeness (QED) is 0.600. The minimum Gasteiger partial charge on any atom is -0.383 e. The van der Waals surface area contributed by atoms with Crippen molar-refractivity contribution in [3.63, 3.8) is 0 Å². The summed E-state index contributed by atoms with van der Waals surface area (Å²) in [6.45, 7) is 6.70. The average Bonchev–Trinajstić information content (AvgIpc) is 2.21. The molecule has 1 N–H and O–H groups in total. The molecule has 0 saturated heterocycles. The zero-order chi connectivity index (χ0) is 10.8. The van der Waals surface area contributed by atoms with E-state index >= 15 is 0 Å². The first-order chi connectivity index (χ1) is 6.74. The Morgan fingerprint density at radius 1 is 1.21 bits per heavy atom. The summed E-state index contributed by atoms with van der Waals surface area (Å²) in [6, 6.07) is 0.254. The van der Waals surface area contributed by atoms with Crippen molar-refractivity contribution in [3.8, 4) is 0 Å². The Morgan fingerprint density at radius 3 is 2.43 bits per heavy atom. The van der Waals surface area contributed by atoms with Crippen LogP contribution in [0.5, 0.6) is 0 Å². The van der Waals surface area contributed by atoms with Crippen molar-refractivity contribution in [1.29, 1.82) is 0 Å². The van der Waals surface area contributed by atoms with E-state index < -0.39 is 0 Å². The van der Waals surface area contributed by atoms with Crippen molar-refractivity contribution in [2.75, 3.05) is 40.6 Å². The second-order valence-corrected chi connectivity index (χ2v) is 3.24. The molecule has 86 valence electrons. The number of nitrogens with one attached hydrogen (secondary N) is 1. The molecule has 0 spiro atoms. The topological polar surface area (TPSA) is 39.7 Å². The monoisotopic (exact) mass is 205 g/mol. The van der Waals surface area contributed by atoms with Crippen LogP contribution in [-0.2, 0) is 14.2 Å². The molecule has 0 bridgehead atoms. The average molecular weight is 205 g/mol. The Kier molecular flexibility index (Phi) is 9.29. The van der Waals surface area contributed by atoms with Gasteiger partial charge in [0.1, 0.15) is 0 Å². The lowest BCUT2D eigenvalue weighted by atomic mass is 10.3. The number of likely N-dealkylation sites (N-methyl/N-ethyl adjacent to an activating group) is 1. The molecule has 0 rings (SSSR count). The van der Waals surface area contributed by atoms with Crippen molar-refractivity contribution in [3.05, 3.63) is 0 Å². The Bertz CT molecular complexity index is 122. The fourth-order valence-corrected chi connectivity index (χ4v) is 1.03. The van der Waals surface area contributed by atoms with Crippen molar-refractivity contribution < 1.29 is 14.2 Å². The third-order valence-electron chi connectivity index (χ3n) is 1.91. The molecule has 0 aromatic rings. The molecule has 4 nitrogen and oxygen atoms in total. The summed E-state index contributed by atoms with van der Waals surface area (Å²) in [5.74, 6) is 0. The van der Waals surface area contributed by atoms with Crippen LogP contribution in [0, 0.1) is 0 Å². The summed E-state index contributed by atoms with van der Waals surface area (Å²) in [7, 11) is 3.59. The molecule has 0 aliphatic rings.